The molecule has 0 fully saturated rings. The van der Waals surface area contributed by atoms with E-state index in [2.05, 4.69) is 25.7 Å². The van der Waals surface area contributed by atoms with Crippen molar-refractivity contribution in [3.8, 4) is 0 Å². The molecule has 3 nitrogen and oxygen atoms in total. The van der Waals surface area contributed by atoms with E-state index in [-0.39, 0.29) is 5.97 Å². The van der Waals surface area contributed by atoms with Crippen molar-refractivity contribution in [1.29, 1.82) is 0 Å². The van der Waals surface area contributed by atoms with Crippen LogP contribution in [-0.2, 0) is 9.53 Å². The number of halogens is 1. The molecule has 0 saturated heterocycles. The minimum atomic E-state index is -0.469. The standard InChI is InChI=1S/C8H8BrNO2/c1-12-8(11)7(9)6-4-2-3-5-10-6/h2-5,7H,1H3/t7-/m0/s1. The van der Waals surface area contributed by atoms with Gasteiger partial charge in [0, 0.05) is 6.20 Å². The zero-order valence-electron chi connectivity index (χ0n) is 6.53. The molecule has 0 aliphatic rings. The van der Waals surface area contributed by atoms with Gasteiger partial charge in [0.05, 0.1) is 12.8 Å². The van der Waals surface area contributed by atoms with E-state index in [4.69, 9.17) is 0 Å². The number of pyridine rings is 1. The molecule has 64 valence electrons. The normalized spacial score (nSPS) is 12.2. The Morgan fingerprint density at radius 3 is 2.92 bits per heavy atom. The van der Waals surface area contributed by atoms with Crippen molar-refractivity contribution in [2.45, 2.75) is 4.83 Å². The van der Waals surface area contributed by atoms with E-state index in [1.807, 2.05) is 6.07 Å². The van der Waals surface area contributed by atoms with E-state index in [0.29, 0.717) is 5.69 Å². The largest absolute Gasteiger partial charge is 0.468 e. The molecule has 1 heterocycles. The van der Waals surface area contributed by atoms with E-state index in [9.17, 15) is 4.79 Å². The van der Waals surface area contributed by atoms with Gasteiger partial charge in [-0.25, -0.2) is 0 Å². The molecule has 0 amide bonds. The molecule has 0 radical (unpaired) electrons. The molecule has 0 spiro atoms. The zero-order valence-corrected chi connectivity index (χ0v) is 8.11. The molecular formula is C8H8BrNO2. The summed E-state index contributed by atoms with van der Waals surface area (Å²) in [5.74, 6) is -0.339. The topological polar surface area (TPSA) is 39.2 Å². The van der Waals surface area contributed by atoms with Crippen LogP contribution in [0.1, 0.15) is 10.5 Å². The molecule has 0 aliphatic carbocycles. The van der Waals surface area contributed by atoms with Crippen molar-refractivity contribution in [2.75, 3.05) is 7.11 Å². The molecule has 12 heavy (non-hydrogen) atoms. The summed E-state index contributed by atoms with van der Waals surface area (Å²) in [5.41, 5.74) is 0.657. The maximum atomic E-state index is 11.0. The molecule has 0 aliphatic heterocycles. The molecule has 4 heteroatoms. The maximum Gasteiger partial charge on any atom is 0.325 e. The quantitative estimate of drug-likeness (QED) is 0.573. The van der Waals surface area contributed by atoms with Crippen LogP contribution < -0.4 is 0 Å². The third-order valence-electron chi connectivity index (χ3n) is 1.36. The van der Waals surface area contributed by atoms with Crippen LogP contribution in [0.3, 0.4) is 0 Å². The van der Waals surface area contributed by atoms with Crippen LogP contribution in [0.25, 0.3) is 0 Å². The highest BCUT2D eigenvalue weighted by atomic mass is 79.9. The number of aromatic nitrogens is 1. The minimum Gasteiger partial charge on any atom is -0.468 e. The van der Waals surface area contributed by atoms with Crippen molar-refractivity contribution < 1.29 is 9.53 Å². The Bertz CT molecular complexity index is 263. The van der Waals surface area contributed by atoms with Gasteiger partial charge in [-0.15, -0.1) is 0 Å². The highest BCUT2D eigenvalue weighted by Crippen LogP contribution is 2.20. The number of carbonyl (C=O) groups is 1. The van der Waals surface area contributed by atoms with Gasteiger partial charge < -0.3 is 4.74 Å². The molecule has 1 rings (SSSR count). The Hall–Kier alpha value is -0.900. The van der Waals surface area contributed by atoms with Crippen LogP contribution in [0.5, 0.6) is 0 Å². The molecule has 0 N–H and O–H groups in total. The fourth-order valence-corrected chi connectivity index (χ4v) is 1.21. The Morgan fingerprint density at radius 1 is 1.67 bits per heavy atom. The number of esters is 1. The maximum absolute atomic E-state index is 11.0. The van der Waals surface area contributed by atoms with Crippen molar-refractivity contribution in [3.05, 3.63) is 30.1 Å². The average molecular weight is 230 g/mol. The van der Waals surface area contributed by atoms with Gasteiger partial charge in [-0.1, -0.05) is 22.0 Å². The molecule has 0 unspecified atom stereocenters. The Balaban J connectivity index is 2.78. The fraction of sp³-hybridized carbons (Fsp3) is 0.250. The van der Waals surface area contributed by atoms with Crippen LogP contribution in [-0.4, -0.2) is 18.1 Å². The lowest BCUT2D eigenvalue weighted by Crippen LogP contribution is -2.09. The smallest absolute Gasteiger partial charge is 0.325 e. The van der Waals surface area contributed by atoms with Crippen molar-refractivity contribution >= 4 is 21.9 Å². The number of hydrogen-bond acceptors (Lipinski definition) is 3. The lowest BCUT2D eigenvalue weighted by atomic mass is 10.3. The summed E-state index contributed by atoms with van der Waals surface area (Å²) < 4.78 is 4.54. The zero-order chi connectivity index (χ0) is 8.97. The molecule has 0 aromatic carbocycles. The first-order valence-electron chi connectivity index (χ1n) is 3.38. The van der Waals surface area contributed by atoms with Crippen molar-refractivity contribution in [2.24, 2.45) is 0 Å². The molecule has 0 bridgehead atoms. The number of alkyl halides is 1. The molecule has 0 saturated carbocycles. The van der Waals surface area contributed by atoms with E-state index < -0.39 is 4.83 Å². The molecular weight excluding hydrogens is 222 g/mol. The summed E-state index contributed by atoms with van der Waals surface area (Å²) >= 11 is 3.17. The summed E-state index contributed by atoms with van der Waals surface area (Å²) in [6.45, 7) is 0. The predicted molar refractivity (Wildman–Crippen MR) is 47.9 cm³/mol. The number of rotatable bonds is 2. The van der Waals surface area contributed by atoms with Crippen molar-refractivity contribution in [3.63, 3.8) is 0 Å². The summed E-state index contributed by atoms with van der Waals surface area (Å²) in [7, 11) is 1.35. The van der Waals surface area contributed by atoms with E-state index in [1.54, 1.807) is 18.3 Å². The summed E-state index contributed by atoms with van der Waals surface area (Å²) in [6.07, 6.45) is 1.63. The highest BCUT2D eigenvalue weighted by molar-refractivity contribution is 9.09. The van der Waals surface area contributed by atoms with E-state index in [0.717, 1.165) is 0 Å². The first-order valence-corrected chi connectivity index (χ1v) is 4.30. The van der Waals surface area contributed by atoms with Crippen LogP contribution in [0, 0.1) is 0 Å². The third-order valence-corrected chi connectivity index (χ3v) is 2.20. The van der Waals surface area contributed by atoms with Gasteiger partial charge in [0.25, 0.3) is 0 Å². The van der Waals surface area contributed by atoms with Gasteiger partial charge in [0.2, 0.25) is 0 Å². The van der Waals surface area contributed by atoms with Crippen LogP contribution in [0.4, 0.5) is 0 Å². The lowest BCUT2D eigenvalue weighted by molar-refractivity contribution is -0.139. The molecule has 1 aromatic rings. The first kappa shape index (κ1) is 9.19. The van der Waals surface area contributed by atoms with Gasteiger partial charge in [-0.3, -0.25) is 9.78 Å². The van der Waals surface area contributed by atoms with Gasteiger partial charge in [0.15, 0.2) is 4.83 Å². The monoisotopic (exact) mass is 229 g/mol. The first-order chi connectivity index (χ1) is 5.75. The minimum absolute atomic E-state index is 0.339. The Labute approximate surface area is 78.9 Å². The lowest BCUT2D eigenvalue weighted by Gasteiger charge is -2.05. The number of nitrogens with zero attached hydrogens (tertiary/aromatic N) is 1. The number of hydrogen-bond donors (Lipinski definition) is 0. The average Bonchev–Trinajstić information content (AvgIpc) is 2.17. The summed E-state index contributed by atoms with van der Waals surface area (Å²) in [6, 6.07) is 5.37. The second-order valence-corrected chi connectivity index (χ2v) is 3.06. The van der Waals surface area contributed by atoms with Gasteiger partial charge >= 0.3 is 5.97 Å². The fourth-order valence-electron chi connectivity index (χ4n) is 0.750. The Morgan fingerprint density at radius 2 is 2.42 bits per heavy atom. The van der Waals surface area contributed by atoms with Crippen LogP contribution in [0.15, 0.2) is 24.4 Å². The van der Waals surface area contributed by atoms with E-state index >= 15 is 0 Å². The number of methoxy groups -OCH3 is 1. The molecule has 1 aromatic heterocycles. The van der Waals surface area contributed by atoms with Crippen molar-refractivity contribution in [1.82, 2.24) is 4.98 Å². The predicted octanol–water partition coefficient (Wildman–Crippen LogP) is 1.69. The summed E-state index contributed by atoms with van der Waals surface area (Å²) in [5, 5.41) is 0. The molecule has 1 atom stereocenters. The number of ether oxygens (including phenoxy) is 1. The SMILES string of the molecule is COC(=O)[C@@H](Br)c1ccccn1. The van der Waals surface area contributed by atoms with Gasteiger partial charge in [-0.05, 0) is 12.1 Å². The van der Waals surface area contributed by atoms with Gasteiger partial charge in [0.1, 0.15) is 0 Å². The number of carbonyl (C=O) groups excluding carboxylic acids is 1. The summed E-state index contributed by atoms with van der Waals surface area (Å²) in [4.78, 5) is 14.5. The Kier molecular flexibility index (Phi) is 3.22. The van der Waals surface area contributed by atoms with E-state index in [1.165, 1.54) is 7.11 Å². The highest BCUT2D eigenvalue weighted by Gasteiger charge is 2.17. The second-order valence-electron chi connectivity index (χ2n) is 2.14. The van der Waals surface area contributed by atoms with Gasteiger partial charge in [-0.2, -0.15) is 0 Å². The third kappa shape index (κ3) is 2.04. The van der Waals surface area contributed by atoms with Crippen LogP contribution in [0.2, 0.25) is 0 Å². The van der Waals surface area contributed by atoms with Crippen LogP contribution >= 0.6 is 15.9 Å². The second kappa shape index (κ2) is 4.21.